The van der Waals surface area contributed by atoms with E-state index in [1.54, 1.807) is 0 Å². The fourth-order valence-corrected chi connectivity index (χ4v) is 4.91. The van der Waals surface area contributed by atoms with Crippen LogP contribution in [0.15, 0.2) is 126 Å². The van der Waals surface area contributed by atoms with Crippen molar-refractivity contribution >= 4 is 0 Å². The van der Waals surface area contributed by atoms with E-state index < -0.39 is 30.6 Å². The maximum atomic E-state index is 9.46. The predicted octanol–water partition coefficient (Wildman–Crippen LogP) is 6.99. The van der Waals surface area contributed by atoms with Crippen molar-refractivity contribution in [1.82, 2.24) is 0 Å². The van der Waals surface area contributed by atoms with Gasteiger partial charge in [-0.25, -0.2) is 0 Å². The van der Waals surface area contributed by atoms with Gasteiger partial charge < -0.3 is 23.7 Å². The van der Waals surface area contributed by atoms with Crippen molar-refractivity contribution in [3.63, 3.8) is 0 Å². The predicted molar refractivity (Wildman–Crippen MR) is 159 cm³/mol. The second-order valence-corrected chi connectivity index (χ2v) is 10.1. The smallest absolute Gasteiger partial charge is 0.165 e. The maximum absolute atomic E-state index is 9.46. The first kappa shape index (κ1) is 29.5. The van der Waals surface area contributed by atoms with Gasteiger partial charge in [-0.05, 0) is 27.8 Å². The number of azide groups is 1. The van der Waals surface area contributed by atoms with Gasteiger partial charge in [-0.1, -0.05) is 126 Å². The topological polar surface area (TPSA) is 94.9 Å². The molecule has 1 aliphatic rings. The Bertz CT molecular complexity index is 1370. The normalized spacial score (nSPS) is 21.9. The summed E-state index contributed by atoms with van der Waals surface area (Å²) in [6, 6.07) is 39.6. The number of hydrogen-bond acceptors (Lipinski definition) is 6. The van der Waals surface area contributed by atoms with Crippen molar-refractivity contribution in [2.24, 2.45) is 5.11 Å². The molecule has 4 aromatic rings. The Kier molecular flexibility index (Phi) is 11.1. The van der Waals surface area contributed by atoms with Crippen molar-refractivity contribution < 1.29 is 23.7 Å². The number of nitrogens with zero attached hydrogens (tertiary/aromatic N) is 3. The van der Waals surface area contributed by atoms with Crippen LogP contribution in [0.25, 0.3) is 10.4 Å². The molecule has 8 heteroatoms. The van der Waals surface area contributed by atoms with Crippen molar-refractivity contribution in [2.45, 2.75) is 57.1 Å². The molecule has 5 atom stereocenters. The molecule has 0 radical (unpaired) electrons. The lowest BCUT2D eigenvalue weighted by Crippen LogP contribution is -2.60. The minimum absolute atomic E-state index is 0.211. The summed E-state index contributed by atoms with van der Waals surface area (Å²) in [5.41, 5.74) is 13.5. The van der Waals surface area contributed by atoms with Gasteiger partial charge in [-0.3, -0.25) is 0 Å². The molecule has 1 heterocycles. The maximum Gasteiger partial charge on any atom is 0.165 e. The fraction of sp³-hybridized carbons (Fsp3) is 0.294. The Morgan fingerprint density at radius 2 is 0.952 bits per heavy atom. The van der Waals surface area contributed by atoms with E-state index in [2.05, 4.69) is 10.0 Å². The van der Waals surface area contributed by atoms with Crippen molar-refractivity contribution in [3.05, 3.63) is 154 Å². The SMILES string of the molecule is [N-]=[N+]=NC1OC(COCc2ccccc2)C(OCc2ccccc2)C(OCc2ccccc2)C1OCc1ccccc1. The largest absolute Gasteiger partial charge is 0.374 e. The third kappa shape index (κ3) is 8.50. The summed E-state index contributed by atoms with van der Waals surface area (Å²) in [6.07, 6.45) is -3.44. The lowest BCUT2D eigenvalue weighted by Gasteiger charge is -2.45. The highest BCUT2D eigenvalue weighted by atomic mass is 16.6. The van der Waals surface area contributed by atoms with Gasteiger partial charge in [0.15, 0.2) is 6.23 Å². The highest BCUT2D eigenvalue weighted by Crippen LogP contribution is 2.31. The Labute approximate surface area is 246 Å². The summed E-state index contributed by atoms with van der Waals surface area (Å²) in [7, 11) is 0. The van der Waals surface area contributed by atoms with Crippen LogP contribution in [0.1, 0.15) is 22.3 Å². The lowest BCUT2D eigenvalue weighted by molar-refractivity contribution is -0.271. The molecule has 0 aliphatic carbocycles. The summed E-state index contributed by atoms with van der Waals surface area (Å²) >= 11 is 0. The van der Waals surface area contributed by atoms with Crippen LogP contribution in [-0.4, -0.2) is 37.3 Å². The molecule has 1 saturated heterocycles. The monoisotopic (exact) mass is 565 g/mol. The van der Waals surface area contributed by atoms with E-state index in [1.807, 2.05) is 121 Å². The first-order chi connectivity index (χ1) is 20.8. The van der Waals surface area contributed by atoms with Gasteiger partial charge in [-0.15, -0.1) is 0 Å². The Hall–Kier alpha value is -4.01. The molecule has 216 valence electrons. The zero-order chi connectivity index (χ0) is 28.8. The van der Waals surface area contributed by atoms with Gasteiger partial charge in [-0.2, -0.15) is 0 Å². The molecular weight excluding hydrogens is 530 g/mol. The van der Waals surface area contributed by atoms with Crippen molar-refractivity contribution in [2.75, 3.05) is 6.61 Å². The van der Waals surface area contributed by atoms with Crippen molar-refractivity contribution in [3.8, 4) is 0 Å². The molecule has 5 unspecified atom stereocenters. The van der Waals surface area contributed by atoms with Gasteiger partial charge in [0.1, 0.15) is 24.4 Å². The molecular formula is C34H35N3O5. The number of ether oxygens (including phenoxy) is 5. The first-order valence-corrected chi connectivity index (χ1v) is 14.1. The van der Waals surface area contributed by atoms with Crippen LogP contribution in [0.4, 0.5) is 0 Å². The van der Waals surface area contributed by atoms with Gasteiger partial charge in [0.25, 0.3) is 0 Å². The van der Waals surface area contributed by atoms with Gasteiger partial charge >= 0.3 is 0 Å². The molecule has 5 rings (SSSR count). The average Bonchev–Trinajstić information content (AvgIpc) is 3.05. The second-order valence-electron chi connectivity index (χ2n) is 10.1. The Morgan fingerprint density at radius 1 is 0.548 bits per heavy atom. The summed E-state index contributed by atoms with van der Waals surface area (Å²) < 4.78 is 32.0. The summed E-state index contributed by atoms with van der Waals surface area (Å²) in [5.74, 6) is 0. The van der Waals surface area contributed by atoms with E-state index >= 15 is 0 Å². The van der Waals surface area contributed by atoms with Gasteiger partial charge in [0.2, 0.25) is 0 Å². The molecule has 0 amide bonds. The average molecular weight is 566 g/mol. The number of hydrogen-bond donors (Lipinski definition) is 0. The van der Waals surface area contributed by atoms with Crippen LogP contribution in [-0.2, 0) is 50.1 Å². The van der Waals surface area contributed by atoms with Crippen LogP contribution in [0.2, 0.25) is 0 Å². The lowest BCUT2D eigenvalue weighted by atomic mass is 9.97. The fourth-order valence-electron chi connectivity index (χ4n) is 4.91. The van der Waals surface area contributed by atoms with E-state index in [4.69, 9.17) is 23.7 Å². The van der Waals surface area contributed by atoms with Crippen LogP contribution >= 0.6 is 0 Å². The van der Waals surface area contributed by atoms with E-state index in [1.165, 1.54) is 0 Å². The third-order valence-corrected chi connectivity index (χ3v) is 7.02. The molecule has 0 saturated carbocycles. The zero-order valence-corrected chi connectivity index (χ0v) is 23.4. The quantitative estimate of drug-likeness (QED) is 0.0933. The van der Waals surface area contributed by atoms with Crippen LogP contribution in [0.3, 0.4) is 0 Å². The second kappa shape index (κ2) is 15.8. The molecule has 8 nitrogen and oxygen atoms in total. The van der Waals surface area contributed by atoms with Gasteiger partial charge in [0.05, 0.1) is 33.0 Å². The van der Waals surface area contributed by atoms with Crippen LogP contribution in [0, 0.1) is 0 Å². The summed E-state index contributed by atoms with van der Waals surface area (Å²) in [6.45, 7) is 1.57. The Morgan fingerprint density at radius 3 is 1.40 bits per heavy atom. The van der Waals surface area contributed by atoms with E-state index in [9.17, 15) is 5.53 Å². The summed E-state index contributed by atoms with van der Waals surface area (Å²) in [4.78, 5) is 3.08. The Balaban J connectivity index is 1.41. The van der Waals surface area contributed by atoms with Crippen LogP contribution < -0.4 is 0 Å². The molecule has 4 aromatic carbocycles. The third-order valence-electron chi connectivity index (χ3n) is 7.02. The number of benzene rings is 4. The molecule has 0 bridgehead atoms. The molecule has 1 fully saturated rings. The van der Waals surface area contributed by atoms with Crippen LogP contribution in [0.5, 0.6) is 0 Å². The molecule has 0 spiro atoms. The molecule has 42 heavy (non-hydrogen) atoms. The van der Waals surface area contributed by atoms with E-state index in [-0.39, 0.29) is 13.2 Å². The van der Waals surface area contributed by atoms with E-state index in [0.29, 0.717) is 19.8 Å². The summed E-state index contributed by atoms with van der Waals surface area (Å²) in [5, 5.41) is 3.99. The molecule has 0 aromatic heterocycles. The standard InChI is InChI=1S/C34H35N3O5/c35-37-36-34-33(41-24-29-19-11-4-12-20-29)32(40-23-28-17-9-3-10-18-28)31(39-22-27-15-7-2-8-16-27)30(42-34)25-38-21-26-13-5-1-6-14-26/h1-20,30-34H,21-25H2. The minimum atomic E-state index is -0.943. The number of rotatable bonds is 14. The first-order valence-electron chi connectivity index (χ1n) is 14.1. The zero-order valence-electron chi connectivity index (χ0n) is 23.4. The highest BCUT2D eigenvalue weighted by molar-refractivity contribution is 5.16. The van der Waals surface area contributed by atoms with Crippen molar-refractivity contribution in [1.29, 1.82) is 0 Å². The van der Waals surface area contributed by atoms with E-state index in [0.717, 1.165) is 22.3 Å². The van der Waals surface area contributed by atoms with Gasteiger partial charge in [0, 0.05) is 4.91 Å². The minimum Gasteiger partial charge on any atom is -0.374 e. The highest BCUT2D eigenvalue weighted by Gasteiger charge is 2.48. The molecule has 1 aliphatic heterocycles. The molecule has 0 N–H and O–H groups in total.